The third kappa shape index (κ3) is 3.53. The number of sulfone groups is 1. The molecular formula is C10H15NO3S. The first kappa shape index (κ1) is 12.0. The van der Waals surface area contributed by atoms with E-state index in [4.69, 9.17) is 5.73 Å². The summed E-state index contributed by atoms with van der Waals surface area (Å²) in [5.74, 6) is -0.223. The molecular weight excluding hydrogens is 214 g/mol. The fraction of sp³-hybridized carbons (Fsp3) is 0.400. The van der Waals surface area contributed by atoms with Crippen molar-refractivity contribution >= 4 is 15.5 Å². The highest BCUT2D eigenvalue weighted by atomic mass is 32.2. The zero-order valence-corrected chi connectivity index (χ0v) is 9.37. The molecule has 0 aliphatic rings. The van der Waals surface area contributed by atoms with Crippen LogP contribution in [0.2, 0.25) is 0 Å². The lowest BCUT2D eigenvalue weighted by Crippen LogP contribution is -2.16. The number of hydrogen-bond acceptors (Lipinski definition) is 4. The summed E-state index contributed by atoms with van der Waals surface area (Å²) in [5, 5.41) is 9.68. The fourth-order valence-electron chi connectivity index (χ4n) is 1.22. The van der Waals surface area contributed by atoms with Crippen molar-refractivity contribution in [1.82, 2.24) is 0 Å². The maximum atomic E-state index is 11.3. The normalized spacial score (nSPS) is 13.7. The first-order valence-corrected chi connectivity index (χ1v) is 6.50. The standard InChI is InChI=1S/C10H15NO3S/c1-2-15(13,14)7-10(12)8-4-3-5-9(11)6-8/h3-6,10,12H,2,7,11H2,1H3/t10-/m0/s1. The van der Waals surface area contributed by atoms with Crippen LogP contribution in [-0.2, 0) is 9.84 Å². The summed E-state index contributed by atoms with van der Waals surface area (Å²) in [5.41, 5.74) is 6.58. The number of benzene rings is 1. The average Bonchev–Trinajstić information content (AvgIpc) is 2.17. The summed E-state index contributed by atoms with van der Waals surface area (Å²) >= 11 is 0. The predicted octanol–water partition coefficient (Wildman–Crippen LogP) is 0.737. The summed E-state index contributed by atoms with van der Waals surface area (Å²) in [7, 11) is -3.17. The molecule has 15 heavy (non-hydrogen) atoms. The van der Waals surface area contributed by atoms with Crippen LogP contribution in [0.25, 0.3) is 0 Å². The van der Waals surface area contributed by atoms with Crippen LogP contribution < -0.4 is 5.73 Å². The molecule has 84 valence electrons. The van der Waals surface area contributed by atoms with E-state index in [2.05, 4.69) is 0 Å². The molecule has 1 aromatic rings. The Labute approximate surface area is 89.7 Å². The van der Waals surface area contributed by atoms with E-state index in [1.807, 2.05) is 0 Å². The molecule has 0 heterocycles. The fourth-order valence-corrected chi connectivity index (χ4v) is 2.13. The number of aliphatic hydroxyl groups is 1. The SMILES string of the molecule is CCS(=O)(=O)C[C@H](O)c1cccc(N)c1. The number of nitrogen functional groups attached to an aromatic ring is 1. The summed E-state index contributed by atoms with van der Waals surface area (Å²) in [6, 6.07) is 6.61. The highest BCUT2D eigenvalue weighted by Crippen LogP contribution is 2.17. The minimum atomic E-state index is -3.17. The predicted molar refractivity (Wildman–Crippen MR) is 60.1 cm³/mol. The van der Waals surface area contributed by atoms with Gasteiger partial charge in [-0.1, -0.05) is 19.1 Å². The minimum absolute atomic E-state index is 0.0341. The average molecular weight is 229 g/mol. The molecule has 0 saturated heterocycles. The Hall–Kier alpha value is -1.07. The summed E-state index contributed by atoms with van der Waals surface area (Å²) in [6.07, 6.45) is -1.00. The van der Waals surface area contributed by atoms with Gasteiger partial charge in [0.25, 0.3) is 0 Å². The number of anilines is 1. The molecule has 0 saturated carbocycles. The van der Waals surface area contributed by atoms with Gasteiger partial charge < -0.3 is 10.8 Å². The van der Waals surface area contributed by atoms with E-state index in [0.717, 1.165) is 0 Å². The van der Waals surface area contributed by atoms with Crippen LogP contribution in [-0.4, -0.2) is 25.0 Å². The van der Waals surface area contributed by atoms with Gasteiger partial charge in [-0.25, -0.2) is 8.42 Å². The van der Waals surface area contributed by atoms with Crippen molar-refractivity contribution in [3.05, 3.63) is 29.8 Å². The highest BCUT2D eigenvalue weighted by Gasteiger charge is 2.16. The largest absolute Gasteiger partial charge is 0.399 e. The second kappa shape index (κ2) is 4.63. The quantitative estimate of drug-likeness (QED) is 0.746. The Bertz CT molecular complexity index is 428. The molecule has 0 amide bonds. The lowest BCUT2D eigenvalue weighted by molar-refractivity contribution is 0.202. The van der Waals surface area contributed by atoms with Gasteiger partial charge >= 0.3 is 0 Å². The molecule has 3 N–H and O–H groups in total. The molecule has 4 nitrogen and oxygen atoms in total. The maximum absolute atomic E-state index is 11.3. The molecule has 0 aromatic heterocycles. The molecule has 1 atom stereocenters. The second-order valence-corrected chi connectivity index (χ2v) is 5.78. The number of nitrogens with two attached hydrogens (primary N) is 1. The smallest absolute Gasteiger partial charge is 0.152 e. The van der Waals surface area contributed by atoms with Gasteiger partial charge in [-0.15, -0.1) is 0 Å². The number of hydrogen-bond donors (Lipinski definition) is 2. The Morgan fingerprint density at radius 2 is 2.13 bits per heavy atom. The van der Waals surface area contributed by atoms with Crippen LogP contribution in [0, 0.1) is 0 Å². The maximum Gasteiger partial charge on any atom is 0.152 e. The van der Waals surface area contributed by atoms with Crippen molar-refractivity contribution in [1.29, 1.82) is 0 Å². The van der Waals surface area contributed by atoms with Gasteiger partial charge in [0.1, 0.15) is 0 Å². The van der Waals surface area contributed by atoms with E-state index in [9.17, 15) is 13.5 Å². The van der Waals surface area contributed by atoms with Gasteiger partial charge in [0.15, 0.2) is 9.84 Å². The van der Waals surface area contributed by atoms with Crippen molar-refractivity contribution in [3.63, 3.8) is 0 Å². The van der Waals surface area contributed by atoms with Gasteiger partial charge in [0.05, 0.1) is 11.9 Å². The van der Waals surface area contributed by atoms with E-state index < -0.39 is 15.9 Å². The second-order valence-electron chi connectivity index (χ2n) is 3.38. The van der Waals surface area contributed by atoms with E-state index in [0.29, 0.717) is 11.3 Å². The third-order valence-corrected chi connectivity index (χ3v) is 3.85. The molecule has 0 spiro atoms. The van der Waals surface area contributed by atoms with Crippen molar-refractivity contribution in [3.8, 4) is 0 Å². The first-order chi connectivity index (χ1) is 6.94. The number of rotatable bonds is 4. The molecule has 1 aromatic carbocycles. The van der Waals surface area contributed by atoms with Crippen molar-refractivity contribution < 1.29 is 13.5 Å². The van der Waals surface area contributed by atoms with Gasteiger partial charge in [-0.05, 0) is 17.7 Å². The molecule has 0 bridgehead atoms. The van der Waals surface area contributed by atoms with Crippen molar-refractivity contribution in [2.75, 3.05) is 17.2 Å². The molecule has 5 heteroatoms. The van der Waals surface area contributed by atoms with E-state index in [1.54, 1.807) is 31.2 Å². The molecule has 0 radical (unpaired) electrons. The zero-order valence-electron chi connectivity index (χ0n) is 8.55. The Balaban J connectivity index is 2.82. The van der Waals surface area contributed by atoms with Gasteiger partial charge in [-0.2, -0.15) is 0 Å². The van der Waals surface area contributed by atoms with E-state index in [1.165, 1.54) is 0 Å². The molecule has 0 unspecified atom stereocenters. The Morgan fingerprint density at radius 3 is 2.67 bits per heavy atom. The summed E-state index contributed by atoms with van der Waals surface area (Å²) in [4.78, 5) is 0. The number of aliphatic hydroxyl groups excluding tert-OH is 1. The highest BCUT2D eigenvalue weighted by molar-refractivity contribution is 7.91. The van der Waals surface area contributed by atoms with Crippen LogP contribution in [0.3, 0.4) is 0 Å². The third-order valence-electron chi connectivity index (χ3n) is 2.15. The monoisotopic (exact) mass is 229 g/mol. The van der Waals surface area contributed by atoms with Crippen LogP contribution in [0.15, 0.2) is 24.3 Å². The molecule has 0 fully saturated rings. The van der Waals surface area contributed by atoms with E-state index >= 15 is 0 Å². The van der Waals surface area contributed by atoms with Crippen LogP contribution in [0.4, 0.5) is 5.69 Å². The summed E-state index contributed by atoms with van der Waals surface area (Å²) < 4.78 is 22.6. The van der Waals surface area contributed by atoms with Gasteiger partial charge in [-0.3, -0.25) is 0 Å². The molecule has 0 aliphatic heterocycles. The van der Waals surface area contributed by atoms with Crippen LogP contribution in [0.1, 0.15) is 18.6 Å². The van der Waals surface area contributed by atoms with Gasteiger partial charge in [0.2, 0.25) is 0 Å². The first-order valence-electron chi connectivity index (χ1n) is 4.68. The Morgan fingerprint density at radius 1 is 1.47 bits per heavy atom. The van der Waals surface area contributed by atoms with Crippen molar-refractivity contribution in [2.24, 2.45) is 0 Å². The minimum Gasteiger partial charge on any atom is -0.399 e. The lowest BCUT2D eigenvalue weighted by atomic mass is 10.1. The van der Waals surface area contributed by atoms with Crippen LogP contribution in [0.5, 0.6) is 0 Å². The lowest BCUT2D eigenvalue weighted by Gasteiger charge is -2.11. The van der Waals surface area contributed by atoms with E-state index in [-0.39, 0.29) is 11.5 Å². The van der Waals surface area contributed by atoms with Crippen molar-refractivity contribution in [2.45, 2.75) is 13.0 Å². The topological polar surface area (TPSA) is 80.4 Å². The van der Waals surface area contributed by atoms with Gasteiger partial charge in [0, 0.05) is 11.4 Å². The van der Waals surface area contributed by atoms with Crippen LogP contribution >= 0.6 is 0 Å². The zero-order chi connectivity index (χ0) is 11.5. The molecule has 0 aliphatic carbocycles. The Kier molecular flexibility index (Phi) is 3.71. The summed E-state index contributed by atoms with van der Waals surface area (Å²) in [6.45, 7) is 1.56. The molecule has 1 rings (SSSR count).